The number of hydrogen-bond acceptors (Lipinski definition) is 2. The molecule has 2 aliphatic rings. The Balaban J connectivity index is 1.66. The highest BCUT2D eigenvalue weighted by Gasteiger charge is 2.36. The topological polar surface area (TPSA) is 29.5 Å². The van der Waals surface area contributed by atoms with Gasteiger partial charge in [0.2, 0.25) is 5.91 Å². The molecule has 1 amide bonds. The van der Waals surface area contributed by atoms with E-state index < -0.39 is 0 Å². The molecule has 114 valence electrons. The van der Waals surface area contributed by atoms with Crippen LogP contribution in [0, 0.1) is 5.92 Å². The zero-order valence-corrected chi connectivity index (χ0v) is 13.4. The maximum atomic E-state index is 12.6. The van der Waals surface area contributed by atoms with Crippen LogP contribution in [-0.4, -0.2) is 36.6 Å². The molecule has 0 bridgehead atoms. The number of carbonyl (C=O) groups is 1. The van der Waals surface area contributed by atoms with E-state index >= 15 is 0 Å². The van der Waals surface area contributed by atoms with Gasteiger partial charge in [-0.3, -0.25) is 4.79 Å². The van der Waals surface area contributed by atoms with E-state index in [0.717, 1.165) is 44.6 Å². The highest BCUT2D eigenvalue weighted by Crippen LogP contribution is 2.30. The number of nitrogens with zero attached hydrogens (tertiary/aromatic N) is 1. The average Bonchev–Trinajstić information content (AvgIpc) is 2.84. The Morgan fingerprint density at radius 1 is 1.19 bits per heavy atom. The standard InChI is InChI=1S/C16H19Cl2NO2/c17-13-2-1-11(15(18)10-13)9-12-3-6-19(16(12)20)14-4-7-21-8-5-14/h1-2,10,12,14H,3-9H2. The number of ether oxygens (including phenoxy) is 1. The summed E-state index contributed by atoms with van der Waals surface area (Å²) >= 11 is 12.1. The number of halogens is 2. The van der Waals surface area contributed by atoms with Gasteiger partial charge in [-0.15, -0.1) is 0 Å². The number of benzene rings is 1. The van der Waals surface area contributed by atoms with Gasteiger partial charge in [0, 0.05) is 41.8 Å². The van der Waals surface area contributed by atoms with E-state index in [2.05, 4.69) is 4.90 Å². The molecule has 0 radical (unpaired) electrons. The van der Waals surface area contributed by atoms with Crippen molar-refractivity contribution in [2.75, 3.05) is 19.8 Å². The van der Waals surface area contributed by atoms with Crippen LogP contribution in [0.5, 0.6) is 0 Å². The first-order valence-electron chi connectivity index (χ1n) is 7.47. The van der Waals surface area contributed by atoms with Crippen molar-refractivity contribution in [1.82, 2.24) is 4.90 Å². The molecule has 3 rings (SSSR count). The van der Waals surface area contributed by atoms with E-state index in [1.165, 1.54) is 0 Å². The van der Waals surface area contributed by atoms with Gasteiger partial charge in [0.25, 0.3) is 0 Å². The second-order valence-corrected chi connectivity index (χ2v) is 6.64. The molecule has 0 saturated carbocycles. The van der Waals surface area contributed by atoms with Crippen LogP contribution in [-0.2, 0) is 16.0 Å². The number of likely N-dealkylation sites (tertiary alicyclic amines) is 1. The zero-order valence-electron chi connectivity index (χ0n) is 11.9. The maximum absolute atomic E-state index is 12.6. The minimum atomic E-state index is 0.0477. The fourth-order valence-electron chi connectivity index (χ4n) is 3.26. The van der Waals surface area contributed by atoms with Gasteiger partial charge in [0.15, 0.2) is 0 Å². The fraction of sp³-hybridized carbons (Fsp3) is 0.562. The Bertz CT molecular complexity index is 529. The number of carbonyl (C=O) groups excluding carboxylic acids is 1. The molecular formula is C16H19Cl2NO2. The molecule has 2 saturated heterocycles. The van der Waals surface area contributed by atoms with Crippen molar-refractivity contribution in [3.8, 4) is 0 Å². The number of hydrogen-bond donors (Lipinski definition) is 0. The van der Waals surface area contributed by atoms with Crippen molar-refractivity contribution in [3.63, 3.8) is 0 Å². The van der Waals surface area contributed by atoms with Gasteiger partial charge in [-0.1, -0.05) is 29.3 Å². The summed E-state index contributed by atoms with van der Waals surface area (Å²) in [6, 6.07) is 5.86. The minimum Gasteiger partial charge on any atom is -0.381 e. The summed E-state index contributed by atoms with van der Waals surface area (Å²) in [4.78, 5) is 14.7. The second kappa shape index (κ2) is 6.55. The van der Waals surface area contributed by atoms with Crippen LogP contribution in [0.2, 0.25) is 10.0 Å². The van der Waals surface area contributed by atoms with Crippen molar-refractivity contribution in [1.29, 1.82) is 0 Å². The van der Waals surface area contributed by atoms with Gasteiger partial charge in [-0.25, -0.2) is 0 Å². The fourth-order valence-corrected chi connectivity index (χ4v) is 3.75. The van der Waals surface area contributed by atoms with Gasteiger partial charge >= 0.3 is 0 Å². The number of rotatable bonds is 3. The van der Waals surface area contributed by atoms with Crippen molar-refractivity contribution in [2.45, 2.75) is 31.7 Å². The maximum Gasteiger partial charge on any atom is 0.226 e. The molecule has 1 unspecified atom stereocenters. The molecule has 0 aromatic heterocycles. The molecular weight excluding hydrogens is 309 g/mol. The van der Waals surface area contributed by atoms with Crippen LogP contribution < -0.4 is 0 Å². The molecule has 0 spiro atoms. The summed E-state index contributed by atoms with van der Waals surface area (Å²) in [7, 11) is 0. The van der Waals surface area contributed by atoms with Crippen LogP contribution in [0.4, 0.5) is 0 Å². The molecule has 2 fully saturated rings. The van der Waals surface area contributed by atoms with Crippen molar-refractivity contribution in [2.24, 2.45) is 5.92 Å². The molecule has 0 aliphatic carbocycles. The Morgan fingerprint density at radius 2 is 1.95 bits per heavy atom. The monoisotopic (exact) mass is 327 g/mol. The molecule has 1 aromatic carbocycles. The Hall–Kier alpha value is -0.770. The van der Waals surface area contributed by atoms with Gasteiger partial charge in [-0.2, -0.15) is 0 Å². The molecule has 5 heteroatoms. The van der Waals surface area contributed by atoms with E-state index in [0.29, 0.717) is 22.5 Å². The van der Waals surface area contributed by atoms with E-state index in [9.17, 15) is 4.79 Å². The molecule has 0 N–H and O–H groups in total. The lowest BCUT2D eigenvalue weighted by Crippen LogP contribution is -2.41. The largest absolute Gasteiger partial charge is 0.381 e. The third-order valence-corrected chi connectivity index (χ3v) is 5.05. The van der Waals surface area contributed by atoms with E-state index in [-0.39, 0.29) is 11.8 Å². The normalized spacial score (nSPS) is 23.8. The van der Waals surface area contributed by atoms with Crippen LogP contribution in [0.3, 0.4) is 0 Å². The predicted octanol–water partition coefficient (Wildman–Crippen LogP) is 3.56. The molecule has 2 aliphatic heterocycles. The highest BCUT2D eigenvalue weighted by atomic mass is 35.5. The van der Waals surface area contributed by atoms with Crippen LogP contribution in [0.1, 0.15) is 24.8 Å². The molecule has 3 nitrogen and oxygen atoms in total. The summed E-state index contributed by atoms with van der Waals surface area (Å²) in [6.07, 6.45) is 3.53. The lowest BCUT2D eigenvalue weighted by atomic mass is 9.98. The first-order valence-corrected chi connectivity index (χ1v) is 8.23. The Labute approximate surface area is 135 Å². The van der Waals surface area contributed by atoms with Crippen LogP contribution >= 0.6 is 23.2 Å². The summed E-state index contributed by atoms with van der Waals surface area (Å²) in [5.74, 6) is 0.319. The Kier molecular flexibility index (Phi) is 4.72. The van der Waals surface area contributed by atoms with E-state index in [1.807, 2.05) is 12.1 Å². The molecule has 21 heavy (non-hydrogen) atoms. The van der Waals surface area contributed by atoms with Gasteiger partial charge in [-0.05, 0) is 43.4 Å². The first-order chi connectivity index (χ1) is 10.1. The lowest BCUT2D eigenvalue weighted by Gasteiger charge is -2.31. The summed E-state index contributed by atoms with van der Waals surface area (Å²) in [6.45, 7) is 2.39. The second-order valence-electron chi connectivity index (χ2n) is 5.80. The summed E-state index contributed by atoms with van der Waals surface area (Å²) in [5.41, 5.74) is 1.01. The van der Waals surface area contributed by atoms with Crippen molar-refractivity contribution in [3.05, 3.63) is 33.8 Å². The predicted molar refractivity (Wildman–Crippen MR) is 83.8 cm³/mol. The summed E-state index contributed by atoms with van der Waals surface area (Å²) < 4.78 is 5.38. The Morgan fingerprint density at radius 3 is 2.67 bits per heavy atom. The lowest BCUT2D eigenvalue weighted by molar-refractivity contribution is -0.134. The third-order valence-electron chi connectivity index (χ3n) is 4.46. The van der Waals surface area contributed by atoms with Crippen molar-refractivity contribution < 1.29 is 9.53 Å². The van der Waals surface area contributed by atoms with Crippen LogP contribution in [0.25, 0.3) is 0 Å². The van der Waals surface area contributed by atoms with Crippen LogP contribution in [0.15, 0.2) is 18.2 Å². The van der Waals surface area contributed by atoms with Gasteiger partial charge in [0.05, 0.1) is 0 Å². The van der Waals surface area contributed by atoms with Gasteiger partial charge in [0.1, 0.15) is 0 Å². The van der Waals surface area contributed by atoms with Gasteiger partial charge < -0.3 is 9.64 Å². The zero-order chi connectivity index (χ0) is 14.8. The highest BCUT2D eigenvalue weighted by molar-refractivity contribution is 6.35. The molecule has 2 heterocycles. The smallest absolute Gasteiger partial charge is 0.226 e. The third kappa shape index (κ3) is 3.36. The number of amides is 1. The van der Waals surface area contributed by atoms with E-state index in [1.54, 1.807) is 6.07 Å². The molecule has 1 atom stereocenters. The first kappa shape index (κ1) is 15.1. The minimum absolute atomic E-state index is 0.0477. The average molecular weight is 328 g/mol. The summed E-state index contributed by atoms with van der Waals surface area (Å²) in [5, 5.41) is 1.28. The SMILES string of the molecule is O=C1C(Cc2ccc(Cl)cc2Cl)CCN1C1CCOCC1. The van der Waals surface area contributed by atoms with E-state index in [4.69, 9.17) is 27.9 Å². The molecule has 1 aromatic rings. The quantitative estimate of drug-likeness (QED) is 0.849. The van der Waals surface area contributed by atoms with Crippen molar-refractivity contribution >= 4 is 29.1 Å².